The number of hydrogen-bond acceptors (Lipinski definition) is 34. The van der Waals surface area contributed by atoms with Crippen LogP contribution in [0.2, 0.25) is 0 Å². The zero-order valence-corrected chi connectivity index (χ0v) is 81.6. The fraction of sp³-hybridized carbons (Fsp3) is 0.0816. The van der Waals surface area contributed by atoms with Gasteiger partial charge in [0.1, 0.15) is 68.7 Å². The summed E-state index contributed by atoms with van der Waals surface area (Å²) in [5.41, 5.74) is 16.9. The van der Waals surface area contributed by atoms with Crippen LogP contribution in [0.5, 0.6) is 17.2 Å². The number of nitrogens with two attached hydrogens (primary N) is 1. The molecule has 44 nitrogen and oxygen atoms in total. The quantitative estimate of drug-likeness (QED) is 0.0209. The molecule has 147 heavy (non-hydrogen) atoms. The molecule has 1 saturated carbocycles. The number of phenolic OH excluding ortho intramolecular Hbond substituents is 1. The van der Waals surface area contributed by atoms with Crippen LogP contribution in [-0.4, -0.2) is 171 Å². The Kier molecular flexibility index (Phi) is 25.6. The highest BCUT2D eigenvalue weighted by atomic mass is 32.2. The average Bonchev–Trinajstić information content (AvgIpc) is 1.72. The molecule has 1 aliphatic carbocycles. The molecule has 10 aromatic carbocycles. The summed E-state index contributed by atoms with van der Waals surface area (Å²) >= 11 is 6.95. The van der Waals surface area contributed by atoms with Crippen molar-refractivity contribution in [2.75, 3.05) is 46.5 Å². The SMILES string of the molecule is COc1cccc2c(Nc3cc(C)[nH]n3)nc(Sc3ccc4c(=O)[nH][nH]c4c3)nc12.COc1cccc2c(Nc3cc(C4CC4)[nH]n3)nc(Sc3ccc4c(=O)[nH][nH]c4c3)nc12.Cc1cc(Nc2nc(Sc3ccc4c(=O)[nH][nH]c4c3)nc3c(O)cccc23)n[nH]1.Cc1cc(Nc2nc(Sc3ccc4c(=O)[nH][nH]c4c3)nc3cc(N)ccc23)n[nH]1.O=c1[nH][nH]c2cc(Sc3nc(Nc4ccn[nH]4)c4ccccc4n3)ccc12. The van der Waals surface area contributed by atoms with Crippen LogP contribution in [0.25, 0.3) is 109 Å². The number of aromatic nitrogens is 30. The van der Waals surface area contributed by atoms with Gasteiger partial charge in [0.25, 0.3) is 27.8 Å². The maximum atomic E-state index is 11.8. The third-order valence-corrected chi connectivity index (χ3v) is 27.3. The number of rotatable bonds is 23. The van der Waals surface area contributed by atoms with Crippen LogP contribution >= 0.6 is 58.8 Å². The van der Waals surface area contributed by atoms with E-state index < -0.39 is 0 Å². The first kappa shape index (κ1) is 93.2. The fourth-order valence-corrected chi connectivity index (χ4v) is 19.9. The molecule has 0 atom stereocenters. The maximum absolute atomic E-state index is 11.8. The number of aryl methyl sites for hydroxylation is 3. The number of fused-ring (bicyclic) bond motifs is 10. The van der Waals surface area contributed by atoms with Crippen molar-refractivity contribution in [3.8, 4) is 17.2 Å². The normalized spacial score (nSPS) is 11.8. The number of phenols is 1. The molecule has 26 rings (SSSR count). The Balaban J connectivity index is 0.000000104. The van der Waals surface area contributed by atoms with Crippen molar-refractivity contribution in [1.82, 2.24) is 152 Å². The largest absolute Gasteiger partial charge is 0.506 e. The number of nitrogen functional groups attached to an aromatic ring is 1. The molecular formula is C98H80N36O8S5. The van der Waals surface area contributed by atoms with Crippen LogP contribution in [0, 0.1) is 20.8 Å². The molecular weight excluding hydrogens is 1970 g/mol. The lowest BCUT2D eigenvalue weighted by Crippen LogP contribution is -2.00. The number of hydrogen-bond donors (Lipinski definition) is 22. The first-order valence-electron chi connectivity index (χ1n) is 45.1. The predicted molar refractivity (Wildman–Crippen MR) is 568 cm³/mol. The molecule has 0 saturated heterocycles. The number of methoxy groups -OCH3 is 2. The van der Waals surface area contributed by atoms with Gasteiger partial charge < -0.3 is 46.9 Å². The monoisotopic (exact) mass is 2050 g/mol. The number of nitrogens with zero attached hydrogens (tertiary/aromatic N) is 15. The summed E-state index contributed by atoms with van der Waals surface area (Å²) in [7, 11) is 3.24. The van der Waals surface area contributed by atoms with Crippen LogP contribution in [0.15, 0.2) is 299 Å². The predicted octanol–water partition coefficient (Wildman–Crippen LogP) is 18.2. The Morgan fingerprint density at radius 1 is 0.320 bits per heavy atom. The molecule has 0 spiro atoms. The van der Waals surface area contributed by atoms with Gasteiger partial charge in [0.05, 0.1) is 86.0 Å². The van der Waals surface area contributed by atoms with E-state index in [1.807, 2.05) is 197 Å². The van der Waals surface area contributed by atoms with Gasteiger partial charge in [-0.3, -0.25) is 100 Å². The van der Waals surface area contributed by atoms with Crippen LogP contribution in [0.3, 0.4) is 0 Å². The summed E-state index contributed by atoms with van der Waals surface area (Å²) < 4.78 is 11.1. The Labute approximate surface area is 845 Å². The Hall–Kier alpha value is -18.7. The maximum Gasteiger partial charge on any atom is 0.271 e. The standard InChI is InChI=1S/C22H19N7O2S.C20H17N7O2S.C19H16N8OS.C19H15N7O2S.C18H13N7OS/c1-31-17-4-2-3-14-19(17)24-22(32-12-7-8-13-16(9-12)27-29-21(13)30)25-20(14)23-18-10-15(26-28-18)11-5-6-11;1-10-8-16(26-24-10)21-18-13-4-3-5-15(29-2)17(13)22-20(23-18)30-11-6-7-12-14(9-11)25-27-19(12)28;1-9-6-16(26-24-9)22-17-12-4-2-10(20)7-14(12)21-19(23-17)29-11-3-5-13-15(8-11)25-27-18(13)28;1-9-7-15(25-23-9)20-17-12-3-2-4-14(27)16(12)21-19(22-17)29-10-5-6-11-13(8-10)24-26-18(11)28;26-17-12-6-5-10(9-14(12)23-25-17)27-18-20-13-4-2-1-3-11(13)16(22-18)21-15-7-8-19-24-15/h2-4,7-11H,5-6H2,1H3,(H2,27,29,30)(H2,23,24,25,26,28);3-9H,1-2H3,(H2,25,27,28)(H2,21,22,23,24,26);2-8H,20H2,1H3,(H2,25,27,28)(H2,21,22,23,24,26);2-8,27H,1H3,(H2,24,26,28)(H2,20,21,22,23,25);1-9H,(H2,23,25,26)(H2,19,20,21,22,24). The van der Waals surface area contributed by atoms with Crippen molar-refractivity contribution in [3.05, 3.63) is 299 Å². The summed E-state index contributed by atoms with van der Waals surface area (Å²) in [5.74, 6) is 8.56. The summed E-state index contributed by atoms with van der Waals surface area (Å²) in [6.07, 6.45) is 4.08. The van der Waals surface area contributed by atoms with E-state index in [0.29, 0.717) is 150 Å². The van der Waals surface area contributed by atoms with Crippen molar-refractivity contribution >= 4 is 232 Å². The van der Waals surface area contributed by atoms with Gasteiger partial charge in [0.2, 0.25) is 0 Å². The summed E-state index contributed by atoms with van der Waals surface area (Å²) in [4.78, 5) is 110. The number of ether oxygens (including phenoxy) is 2. The van der Waals surface area contributed by atoms with E-state index in [-0.39, 0.29) is 33.5 Å². The van der Waals surface area contributed by atoms with Gasteiger partial charge in [-0.2, -0.15) is 25.5 Å². The molecule has 1 aliphatic rings. The minimum absolute atomic E-state index is 0.0680. The van der Waals surface area contributed by atoms with E-state index in [4.69, 9.17) is 35.1 Å². The van der Waals surface area contributed by atoms with Gasteiger partial charge >= 0.3 is 0 Å². The van der Waals surface area contributed by atoms with Gasteiger partial charge in [0.15, 0.2) is 49.1 Å². The number of para-hydroxylation sites is 4. The van der Waals surface area contributed by atoms with Gasteiger partial charge in [-0.1, -0.05) is 30.3 Å². The van der Waals surface area contributed by atoms with Crippen LogP contribution in [-0.2, 0) is 0 Å². The average molecular weight is 2050 g/mol. The smallest absolute Gasteiger partial charge is 0.271 e. The number of anilines is 11. The van der Waals surface area contributed by atoms with Gasteiger partial charge in [0, 0.05) is 116 Å². The molecule has 0 radical (unpaired) electrons. The van der Waals surface area contributed by atoms with Crippen molar-refractivity contribution in [3.63, 3.8) is 0 Å². The van der Waals surface area contributed by atoms with E-state index in [0.717, 1.165) is 114 Å². The summed E-state index contributed by atoms with van der Waals surface area (Å²) in [6.45, 7) is 5.77. The molecule has 25 aromatic rings. The van der Waals surface area contributed by atoms with E-state index >= 15 is 0 Å². The van der Waals surface area contributed by atoms with E-state index in [1.54, 1.807) is 62.9 Å². The molecule has 0 unspecified atom stereocenters. The molecule has 23 N–H and O–H groups in total. The fourth-order valence-electron chi connectivity index (χ4n) is 15.9. The van der Waals surface area contributed by atoms with E-state index in [1.165, 1.54) is 71.7 Å². The van der Waals surface area contributed by atoms with Gasteiger partial charge in [-0.15, -0.1) is 0 Å². The molecule has 49 heteroatoms. The first-order chi connectivity index (χ1) is 71.6. The minimum atomic E-state index is -0.163. The van der Waals surface area contributed by atoms with E-state index in [2.05, 4.69) is 158 Å². The van der Waals surface area contributed by atoms with Gasteiger partial charge in [-0.25, -0.2) is 49.8 Å². The highest BCUT2D eigenvalue weighted by Crippen LogP contribution is 2.43. The van der Waals surface area contributed by atoms with Crippen molar-refractivity contribution in [2.45, 2.75) is 89.8 Å². The zero-order chi connectivity index (χ0) is 100. The summed E-state index contributed by atoms with van der Waals surface area (Å²) in [5, 5.41) is 99.4. The Morgan fingerprint density at radius 2 is 0.660 bits per heavy atom. The number of nitrogens with one attached hydrogen (secondary N) is 20. The minimum Gasteiger partial charge on any atom is -0.506 e. The Morgan fingerprint density at radius 3 is 1.05 bits per heavy atom. The second-order valence-electron chi connectivity index (χ2n) is 33.3. The van der Waals surface area contributed by atoms with Crippen molar-refractivity contribution in [1.29, 1.82) is 0 Å². The molecule has 0 amide bonds. The highest BCUT2D eigenvalue weighted by molar-refractivity contribution is 8.00. The molecule has 730 valence electrons. The zero-order valence-electron chi connectivity index (χ0n) is 77.5. The van der Waals surface area contributed by atoms with Crippen LogP contribution in [0.4, 0.5) is 63.9 Å². The van der Waals surface area contributed by atoms with Crippen LogP contribution < -0.4 is 69.6 Å². The third kappa shape index (κ3) is 20.6. The number of H-pyrrole nitrogens is 15. The molecule has 15 aromatic heterocycles. The third-order valence-electron chi connectivity index (χ3n) is 23.0. The molecule has 15 heterocycles. The van der Waals surface area contributed by atoms with Crippen LogP contribution in [0.1, 0.15) is 41.5 Å². The number of aromatic amines is 15. The van der Waals surface area contributed by atoms with Crippen molar-refractivity contribution in [2.24, 2.45) is 0 Å². The lowest BCUT2D eigenvalue weighted by atomic mass is 10.2. The number of aromatic hydroxyl groups is 1. The molecule has 0 aliphatic heterocycles. The Bertz CT molecular complexity index is 9620. The first-order valence-corrected chi connectivity index (χ1v) is 49.1. The second kappa shape index (κ2) is 40.3. The topological polar surface area (TPSA) is 640 Å². The second-order valence-corrected chi connectivity index (χ2v) is 38.5. The van der Waals surface area contributed by atoms with E-state index in [9.17, 15) is 29.1 Å². The molecule has 0 bridgehead atoms. The van der Waals surface area contributed by atoms with Crippen molar-refractivity contribution < 1.29 is 14.6 Å². The van der Waals surface area contributed by atoms with Gasteiger partial charge in [-0.05, 0) is 250 Å². The molecule has 1 fully saturated rings. The number of benzene rings is 10. The highest BCUT2D eigenvalue weighted by Gasteiger charge is 2.27. The lowest BCUT2D eigenvalue weighted by Gasteiger charge is -2.11. The lowest BCUT2D eigenvalue weighted by molar-refractivity contribution is 0.418. The summed E-state index contributed by atoms with van der Waals surface area (Å²) in [6, 6.07) is 67.1.